The summed E-state index contributed by atoms with van der Waals surface area (Å²) in [7, 11) is 1.95. The van der Waals surface area contributed by atoms with Gasteiger partial charge in [0.05, 0.1) is 0 Å². The molecule has 0 spiro atoms. The molecule has 0 radical (unpaired) electrons. The van der Waals surface area contributed by atoms with Crippen LogP contribution >= 0.6 is 0 Å². The van der Waals surface area contributed by atoms with Gasteiger partial charge in [0, 0.05) is 19.5 Å². The fourth-order valence-electron chi connectivity index (χ4n) is 1.41. The summed E-state index contributed by atoms with van der Waals surface area (Å²) in [5.74, 6) is 1.94. The highest BCUT2D eigenvalue weighted by Crippen LogP contribution is 1.98. The molecule has 80 valence electrons. The van der Waals surface area contributed by atoms with E-state index in [4.69, 9.17) is 0 Å². The third-order valence-electron chi connectivity index (χ3n) is 2.09. The van der Waals surface area contributed by atoms with Crippen molar-refractivity contribution >= 4 is 0 Å². The largest absolute Gasteiger partial charge is 0.315 e. The van der Waals surface area contributed by atoms with E-state index < -0.39 is 0 Å². The van der Waals surface area contributed by atoms with Gasteiger partial charge in [-0.3, -0.25) is 4.68 Å². The molecule has 0 saturated heterocycles. The summed E-state index contributed by atoms with van der Waals surface area (Å²) in [5, 5.41) is 7.59. The van der Waals surface area contributed by atoms with Gasteiger partial charge in [0.25, 0.3) is 0 Å². The van der Waals surface area contributed by atoms with E-state index in [2.05, 4.69) is 29.2 Å². The summed E-state index contributed by atoms with van der Waals surface area (Å²) < 4.78 is 1.87. The van der Waals surface area contributed by atoms with E-state index in [-0.39, 0.29) is 0 Å². The molecule has 0 unspecified atom stereocenters. The van der Waals surface area contributed by atoms with E-state index in [1.54, 1.807) is 0 Å². The first kappa shape index (κ1) is 11.2. The third-order valence-corrected chi connectivity index (χ3v) is 2.09. The maximum atomic E-state index is 4.35. The van der Waals surface area contributed by atoms with E-state index >= 15 is 0 Å². The van der Waals surface area contributed by atoms with Crippen LogP contribution in [0.1, 0.15) is 31.9 Å². The molecule has 4 heteroatoms. The number of nitrogens with one attached hydrogen (secondary N) is 1. The Balaban J connectivity index is 2.28. The second-order valence-electron chi connectivity index (χ2n) is 3.91. The fourth-order valence-corrected chi connectivity index (χ4v) is 1.41. The van der Waals surface area contributed by atoms with Gasteiger partial charge in [0.15, 0.2) is 0 Å². The quantitative estimate of drug-likeness (QED) is 0.716. The summed E-state index contributed by atoms with van der Waals surface area (Å²) in [6.07, 6.45) is 2.11. The van der Waals surface area contributed by atoms with Crippen LogP contribution in [0.2, 0.25) is 0 Å². The second-order valence-corrected chi connectivity index (χ2v) is 3.91. The van der Waals surface area contributed by atoms with Crippen molar-refractivity contribution in [2.75, 3.05) is 6.54 Å². The van der Waals surface area contributed by atoms with Crippen LogP contribution in [-0.2, 0) is 13.5 Å². The summed E-state index contributed by atoms with van der Waals surface area (Å²) in [4.78, 5) is 4.35. The second kappa shape index (κ2) is 5.10. The highest BCUT2D eigenvalue weighted by Gasteiger charge is 2.02. The van der Waals surface area contributed by atoms with Crippen LogP contribution in [0.4, 0.5) is 0 Å². The van der Waals surface area contributed by atoms with Crippen LogP contribution in [0.15, 0.2) is 0 Å². The lowest BCUT2D eigenvalue weighted by Crippen LogP contribution is -2.24. The zero-order valence-electron chi connectivity index (χ0n) is 9.54. The molecular weight excluding hydrogens is 176 g/mol. The Kier molecular flexibility index (Phi) is 4.07. The van der Waals surface area contributed by atoms with Gasteiger partial charge in [-0.15, -0.1) is 0 Å². The molecule has 1 rings (SSSR count). The van der Waals surface area contributed by atoms with Gasteiger partial charge in [-0.25, -0.2) is 4.98 Å². The predicted octanol–water partition coefficient (Wildman–Crippen LogP) is 1.05. The molecule has 1 aromatic heterocycles. The summed E-state index contributed by atoms with van der Waals surface area (Å²) in [5.41, 5.74) is 0. The Hall–Kier alpha value is -0.900. The van der Waals surface area contributed by atoms with Crippen molar-refractivity contribution in [3.63, 3.8) is 0 Å². The Labute approximate surface area is 85.7 Å². The van der Waals surface area contributed by atoms with Crippen LogP contribution in [0.25, 0.3) is 0 Å². The Morgan fingerprint density at radius 1 is 1.43 bits per heavy atom. The van der Waals surface area contributed by atoms with E-state index in [1.807, 2.05) is 18.7 Å². The molecular formula is C10H20N4. The summed E-state index contributed by atoms with van der Waals surface area (Å²) in [6.45, 7) is 7.29. The zero-order valence-corrected chi connectivity index (χ0v) is 9.54. The number of aryl methyl sites for hydroxylation is 3. The lowest BCUT2D eigenvalue weighted by Gasteiger charge is -2.06. The van der Waals surface area contributed by atoms with Gasteiger partial charge in [-0.05, 0) is 19.9 Å². The maximum absolute atomic E-state index is 4.35. The molecule has 0 saturated carbocycles. The molecule has 0 bridgehead atoms. The number of rotatable bonds is 5. The Morgan fingerprint density at radius 3 is 2.64 bits per heavy atom. The number of aromatic nitrogens is 3. The van der Waals surface area contributed by atoms with E-state index in [0.29, 0.717) is 6.04 Å². The first-order valence-corrected chi connectivity index (χ1v) is 5.19. The molecule has 0 aliphatic heterocycles. The van der Waals surface area contributed by atoms with E-state index in [0.717, 1.165) is 31.0 Å². The molecule has 1 heterocycles. The van der Waals surface area contributed by atoms with Crippen molar-refractivity contribution in [1.82, 2.24) is 20.1 Å². The molecule has 0 atom stereocenters. The lowest BCUT2D eigenvalue weighted by molar-refractivity contribution is 0.558. The number of nitrogens with zero attached hydrogens (tertiary/aromatic N) is 3. The van der Waals surface area contributed by atoms with Crippen molar-refractivity contribution in [3.8, 4) is 0 Å². The van der Waals surface area contributed by atoms with Crippen molar-refractivity contribution in [1.29, 1.82) is 0 Å². The lowest BCUT2D eigenvalue weighted by atomic mass is 10.3. The van der Waals surface area contributed by atoms with Crippen LogP contribution in [-0.4, -0.2) is 27.4 Å². The molecule has 0 aliphatic rings. The van der Waals surface area contributed by atoms with Gasteiger partial charge in [0.1, 0.15) is 11.6 Å². The molecule has 1 aromatic rings. The minimum absolute atomic E-state index is 0.566. The standard InChI is InChI=1S/C10H20N4/c1-8(2)11-7-5-6-10-12-9(3)13-14(10)4/h8,11H,5-7H2,1-4H3. The average molecular weight is 196 g/mol. The molecule has 0 fully saturated rings. The van der Waals surface area contributed by atoms with Crippen molar-refractivity contribution < 1.29 is 0 Å². The minimum atomic E-state index is 0.566. The molecule has 14 heavy (non-hydrogen) atoms. The van der Waals surface area contributed by atoms with Crippen molar-refractivity contribution in [2.24, 2.45) is 7.05 Å². The van der Waals surface area contributed by atoms with Crippen LogP contribution < -0.4 is 5.32 Å². The van der Waals surface area contributed by atoms with Gasteiger partial charge in [0.2, 0.25) is 0 Å². The highest BCUT2D eigenvalue weighted by atomic mass is 15.3. The average Bonchev–Trinajstić information content (AvgIpc) is 2.39. The van der Waals surface area contributed by atoms with Gasteiger partial charge in [-0.2, -0.15) is 5.10 Å². The minimum Gasteiger partial charge on any atom is -0.315 e. The summed E-state index contributed by atoms with van der Waals surface area (Å²) >= 11 is 0. The number of hydrogen-bond acceptors (Lipinski definition) is 3. The Bertz CT molecular complexity index is 278. The summed E-state index contributed by atoms with van der Waals surface area (Å²) in [6, 6.07) is 0.566. The van der Waals surface area contributed by atoms with Crippen molar-refractivity contribution in [2.45, 2.75) is 39.7 Å². The SMILES string of the molecule is Cc1nc(CCCNC(C)C)n(C)n1. The first-order chi connectivity index (χ1) is 6.59. The van der Waals surface area contributed by atoms with Gasteiger partial charge in [-0.1, -0.05) is 13.8 Å². The van der Waals surface area contributed by atoms with Crippen LogP contribution in [0, 0.1) is 6.92 Å². The predicted molar refractivity (Wildman–Crippen MR) is 57.2 cm³/mol. The van der Waals surface area contributed by atoms with Gasteiger partial charge >= 0.3 is 0 Å². The molecule has 0 amide bonds. The highest BCUT2D eigenvalue weighted by molar-refractivity contribution is 4.90. The third kappa shape index (κ3) is 3.46. The van der Waals surface area contributed by atoms with E-state index in [9.17, 15) is 0 Å². The number of hydrogen-bond donors (Lipinski definition) is 1. The first-order valence-electron chi connectivity index (χ1n) is 5.19. The molecule has 0 aromatic carbocycles. The monoisotopic (exact) mass is 196 g/mol. The molecule has 0 aliphatic carbocycles. The normalized spacial score (nSPS) is 11.2. The Morgan fingerprint density at radius 2 is 2.14 bits per heavy atom. The zero-order chi connectivity index (χ0) is 10.6. The van der Waals surface area contributed by atoms with Gasteiger partial charge < -0.3 is 5.32 Å². The smallest absolute Gasteiger partial charge is 0.147 e. The maximum Gasteiger partial charge on any atom is 0.147 e. The molecule has 4 nitrogen and oxygen atoms in total. The molecule has 1 N–H and O–H groups in total. The van der Waals surface area contributed by atoms with Crippen LogP contribution in [0.5, 0.6) is 0 Å². The van der Waals surface area contributed by atoms with Crippen LogP contribution in [0.3, 0.4) is 0 Å². The van der Waals surface area contributed by atoms with E-state index in [1.165, 1.54) is 0 Å². The topological polar surface area (TPSA) is 42.7 Å². The van der Waals surface area contributed by atoms with Crippen molar-refractivity contribution in [3.05, 3.63) is 11.6 Å². The fraction of sp³-hybridized carbons (Fsp3) is 0.800.